The zero-order valence-electron chi connectivity index (χ0n) is 7.46. The Balaban J connectivity index is 2.76. The van der Waals surface area contributed by atoms with Crippen molar-refractivity contribution in [1.82, 2.24) is 0 Å². The SMILES string of the molecule is CC(=O)COc1cc(C)sc1C#N. The average Bonchev–Trinajstić information content (AvgIpc) is 2.42. The fourth-order valence-electron chi connectivity index (χ4n) is 0.855. The quantitative estimate of drug-likeness (QED) is 0.740. The van der Waals surface area contributed by atoms with E-state index >= 15 is 0 Å². The summed E-state index contributed by atoms with van der Waals surface area (Å²) in [6.45, 7) is 3.38. The molecule has 0 saturated heterocycles. The van der Waals surface area contributed by atoms with Crippen LogP contribution in [0.2, 0.25) is 0 Å². The second kappa shape index (κ2) is 4.06. The summed E-state index contributed by atoms with van der Waals surface area (Å²) in [5.41, 5.74) is 0. The summed E-state index contributed by atoms with van der Waals surface area (Å²) in [5.74, 6) is 0.466. The van der Waals surface area contributed by atoms with Crippen LogP contribution in [-0.4, -0.2) is 12.4 Å². The Morgan fingerprint density at radius 3 is 3.00 bits per heavy atom. The van der Waals surface area contributed by atoms with Crippen LogP contribution in [0.15, 0.2) is 6.07 Å². The highest BCUT2D eigenvalue weighted by Gasteiger charge is 2.07. The Bertz CT molecular complexity index is 362. The lowest BCUT2D eigenvalue weighted by molar-refractivity contribution is -0.118. The van der Waals surface area contributed by atoms with Crippen molar-refractivity contribution in [2.75, 3.05) is 6.61 Å². The lowest BCUT2D eigenvalue weighted by Gasteiger charge is -1.99. The standard InChI is InChI=1S/C9H9NO2S/c1-6(11)5-12-8-3-7(2)13-9(8)4-10/h3H,5H2,1-2H3. The van der Waals surface area contributed by atoms with Crippen LogP contribution < -0.4 is 4.74 Å². The number of thiophene rings is 1. The van der Waals surface area contributed by atoms with Crippen molar-refractivity contribution in [3.05, 3.63) is 15.8 Å². The summed E-state index contributed by atoms with van der Waals surface area (Å²) in [5, 5.41) is 8.69. The summed E-state index contributed by atoms with van der Waals surface area (Å²) in [6, 6.07) is 3.79. The molecule has 1 aromatic rings. The molecule has 1 rings (SSSR count). The Labute approximate surface area is 80.6 Å². The van der Waals surface area contributed by atoms with Gasteiger partial charge in [-0.15, -0.1) is 11.3 Å². The molecular weight excluding hydrogens is 186 g/mol. The molecule has 0 aliphatic heterocycles. The van der Waals surface area contributed by atoms with Gasteiger partial charge in [0, 0.05) is 4.88 Å². The molecule has 68 valence electrons. The van der Waals surface area contributed by atoms with Gasteiger partial charge in [0.05, 0.1) is 0 Å². The highest BCUT2D eigenvalue weighted by molar-refractivity contribution is 7.12. The smallest absolute Gasteiger partial charge is 0.167 e. The molecule has 13 heavy (non-hydrogen) atoms. The first-order valence-electron chi connectivity index (χ1n) is 3.76. The molecule has 0 fully saturated rings. The largest absolute Gasteiger partial charge is 0.484 e. The van der Waals surface area contributed by atoms with Gasteiger partial charge in [-0.3, -0.25) is 4.79 Å². The number of nitrogens with zero attached hydrogens (tertiary/aromatic N) is 1. The number of carbonyl (C=O) groups excluding carboxylic acids is 1. The maximum absolute atomic E-state index is 10.6. The van der Waals surface area contributed by atoms with Gasteiger partial charge in [-0.25, -0.2) is 0 Å². The number of ether oxygens (including phenoxy) is 1. The summed E-state index contributed by atoms with van der Waals surface area (Å²) >= 11 is 1.37. The van der Waals surface area contributed by atoms with Gasteiger partial charge in [0.2, 0.25) is 0 Å². The zero-order chi connectivity index (χ0) is 9.84. The van der Waals surface area contributed by atoms with Crippen LogP contribution in [-0.2, 0) is 4.79 Å². The lowest BCUT2D eigenvalue weighted by Crippen LogP contribution is -2.06. The van der Waals surface area contributed by atoms with Crippen LogP contribution in [0.3, 0.4) is 0 Å². The van der Waals surface area contributed by atoms with E-state index in [-0.39, 0.29) is 12.4 Å². The predicted molar refractivity (Wildman–Crippen MR) is 49.9 cm³/mol. The van der Waals surface area contributed by atoms with Crippen LogP contribution in [0.25, 0.3) is 0 Å². The Morgan fingerprint density at radius 1 is 1.77 bits per heavy atom. The maximum atomic E-state index is 10.6. The minimum atomic E-state index is -0.0484. The number of rotatable bonds is 3. The van der Waals surface area contributed by atoms with E-state index in [1.165, 1.54) is 18.3 Å². The van der Waals surface area contributed by atoms with Crippen molar-refractivity contribution in [1.29, 1.82) is 5.26 Å². The molecule has 0 atom stereocenters. The molecule has 3 nitrogen and oxygen atoms in total. The summed E-state index contributed by atoms with van der Waals surface area (Å²) in [4.78, 5) is 12.2. The average molecular weight is 195 g/mol. The number of hydrogen-bond acceptors (Lipinski definition) is 4. The lowest BCUT2D eigenvalue weighted by atomic mass is 10.4. The first kappa shape index (κ1) is 9.75. The van der Waals surface area contributed by atoms with E-state index in [9.17, 15) is 4.79 Å². The van der Waals surface area contributed by atoms with Crippen molar-refractivity contribution in [2.45, 2.75) is 13.8 Å². The number of nitriles is 1. The van der Waals surface area contributed by atoms with E-state index in [0.29, 0.717) is 10.6 Å². The topological polar surface area (TPSA) is 50.1 Å². The summed E-state index contributed by atoms with van der Waals surface area (Å²) in [7, 11) is 0. The van der Waals surface area contributed by atoms with Crippen LogP contribution >= 0.6 is 11.3 Å². The van der Waals surface area contributed by atoms with E-state index in [2.05, 4.69) is 0 Å². The third kappa shape index (κ3) is 2.56. The third-order valence-corrected chi connectivity index (χ3v) is 2.29. The van der Waals surface area contributed by atoms with Crippen LogP contribution in [0, 0.1) is 18.3 Å². The van der Waals surface area contributed by atoms with Crippen molar-refractivity contribution in [3.8, 4) is 11.8 Å². The van der Waals surface area contributed by atoms with Crippen LogP contribution in [0.5, 0.6) is 5.75 Å². The van der Waals surface area contributed by atoms with Crippen LogP contribution in [0.1, 0.15) is 16.7 Å². The fraction of sp³-hybridized carbons (Fsp3) is 0.333. The third-order valence-electron chi connectivity index (χ3n) is 1.35. The Morgan fingerprint density at radius 2 is 2.46 bits per heavy atom. The van der Waals surface area contributed by atoms with Gasteiger partial charge in [0.1, 0.15) is 23.3 Å². The van der Waals surface area contributed by atoms with Gasteiger partial charge in [0.15, 0.2) is 5.78 Å². The van der Waals surface area contributed by atoms with Gasteiger partial charge >= 0.3 is 0 Å². The molecule has 0 saturated carbocycles. The summed E-state index contributed by atoms with van der Waals surface area (Å²) < 4.78 is 5.15. The molecule has 4 heteroatoms. The molecule has 0 spiro atoms. The van der Waals surface area contributed by atoms with E-state index < -0.39 is 0 Å². The van der Waals surface area contributed by atoms with Crippen molar-refractivity contribution < 1.29 is 9.53 Å². The molecule has 0 amide bonds. The molecule has 0 bridgehead atoms. The van der Waals surface area contributed by atoms with E-state index in [1.807, 2.05) is 13.0 Å². The Hall–Kier alpha value is -1.34. The molecule has 0 aliphatic carbocycles. The molecule has 0 N–H and O–H groups in total. The van der Waals surface area contributed by atoms with Gasteiger partial charge < -0.3 is 4.74 Å². The second-order valence-corrected chi connectivity index (χ2v) is 3.91. The monoisotopic (exact) mass is 195 g/mol. The molecular formula is C9H9NO2S. The first-order chi connectivity index (χ1) is 6.13. The van der Waals surface area contributed by atoms with E-state index in [4.69, 9.17) is 10.00 Å². The first-order valence-corrected chi connectivity index (χ1v) is 4.58. The van der Waals surface area contributed by atoms with Crippen molar-refractivity contribution in [3.63, 3.8) is 0 Å². The zero-order valence-corrected chi connectivity index (χ0v) is 8.27. The summed E-state index contributed by atoms with van der Waals surface area (Å²) in [6.07, 6.45) is 0. The molecule has 0 aliphatic rings. The fourth-order valence-corrected chi connectivity index (χ4v) is 1.61. The number of Topliss-reactive ketones (excluding diaryl/α,β-unsaturated/α-hetero) is 1. The number of ketones is 1. The van der Waals surface area contributed by atoms with Gasteiger partial charge in [0.25, 0.3) is 0 Å². The highest BCUT2D eigenvalue weighted by atomic mass is 32.1. The normalized spacial score (nSPS) is 9.31. The minimum Gasteiger partial charge on any atom is -0.484 e. The van der Waals surface area contributed by atoms with Gasteiger partial charge in [-0.2, -0.15) is 5.26 Å². The minimum absolute atomic E-state index is 0.0326. The predicted octanol–water partition coefficient (Wildman–Crippen LogP) is 1.90. The number of carbonyl (C=O) groups is 1. The molecule has 0 radical (unpaired) electrons. The highest BCUT2D eigenvalue weighted by Crippen LogP contribution is 2.27. The van der Waals surface area contributed by atoms with E-state index in [1.54, 1.807) is 6.07 Å². The van der Waals surface area contributed by atoms with Crippen LogP contribution in [0.4, 0.5) is 0 Å². The Kier molecular flexibility index (Phi) is 3.04. The van der Waals surface area contributed by atoms with E-state index in [0.717, 1.165) is 4.88 Å². The number of aryl methyl sites for hydroxylation is 1. The van der Waals surface area contributed by atoms with Gasteiger partial charge in [-0.05, 0) is 19.9 Å². The number of hydrogen-bond donors (Lipinski definition) is 0. The molecule has 1 heterocycles. The van der Waals surface area contributed by atoms with Gasteiger partial charge in [-0.1, -0.05) is 0 Å². The maximum Gasteiger partial charge on any atom is 0.167 e. The van der Waals surface area contributed by atoms with Crippen molar-refractivity contribution >= 4 is 17.1 Å². The molecule has 1 aromatic heterocycles. The molecule has 0 unspecified atom stereocenters. The molecule has 0 aromatic carbocycles. The second-order valence-electron chi connectivity index (χ2n) is 2.65. The van der Waals surface area contributed by atoms with Crippen molar-refractivity contribution in [2.24, 2.45) is 0 Å².